The Morgan fingerprint density at radius 3 is 2.21 bits per heavy atom. The first-order valence-corrected chi connectivity index (χ1v) is 7.83. The maximum Gasteiger partial charge on any atom is 0.173 e. The van der Waals surface area contributed by atoms with E-state index in [1.807, 2.05) is 13.8 Å². The fraction of sp³-hybridized carbons (Fsp3) is 0.786. The van der Waals surface area contributed by atoms with Crippen LogP contribution in [0, 0.1) is 13.8 Å². The number of hydrogen-bond acceptors (Lipinski definition) is 5. The molecule has 1 aromatic rings. The highest BCUT2D eigenvalue weighted by Gasteiger charge is 2.23. The van der Waals surface area contributed by atoms with Crippen LogP contribution in [0.2, 0.25) is 0 Å². The number of ether oxygens (including phenoxy) is 2. The molecule has 1 atom stereocenters. The van der Waals surface area contributed by atoms with Crippen molar-refractivity contribution >= 4 is 11.3 Å². The second-order valence-corrected chi connectivity index (χ2v) is 5.68. The Labute approximate surface area is 120 Å². The summed E-state index contributed by atoms with van der Waals surface area (Å²) in [6.45, 7) is 12.5. The van der Waals surface area contributed by atoms with Crippen LogP contribution in [-0.2, 0) is 15.9 Å². The zero-order valence-electron chi connectivity index (χ0n) is 12.7. The SMILES string of the molecule is CCNC(Cc1nc(C)c(C)s1)C(OCC)OCC. The second kappa shape index (κ2) is 8.64. The summed E-state index contributed by atoms with van der Waals surface area (Å²) in [5.41, 5.74) is 1.12. The van der Waals surface area contributed by atoms with Crippen molar-refractivity contribution in [2.24, 2.45) is 0 Å². The first-order chi connectivity index (χ1) is 9.12. The van der Waals surface area contributed by atoms with Crippen LogP contribution < -0.4 is 5.32 Å². The third kappa shape index (κ3) is 5.18. The van der Waals surface area contributed by atoms with E-state index in [2.05, 4.69) is 31.1 Å². The minimum Gasteiger partial charge on any atom is -0.351 e. The van der Waals surface area contributed by atoms with Crippen LogP contribution in [0.1, 0.15) is 36.3 Å². The van der Waals surface area contributed by atoms with Crippen LogP contribution in [0.5, 0.6) is 0 Å². The van der Waals surface area contributed by atoms with Crippen molar-refractivity contribution in [2.45, 2.75) is 53.4 Å². The predicted molar refractivity (Wildman–Crippen MR) is 79.8 cm³/mol. The molecule has 0 amide bonds. The zero-order chi connectivity index (χ0) is 14.3. The molecule has 0 aliphatic rings. The molecule has 1 heterocycles. The van der Waals surface area contributed by atoms with Crippen LogP contribution in [0.3, 0.4) is 0 Å². The molecule has 0 bridgehead atoms. The average Bonchev–Trinajstić information content (AvgIpc) is 2.68. The van der Waals surface area contributed by atoms with Gasteiger partial charge in [-0.15, -0.1) is 11.3 Å². The average molecular weight is 286 g/mol. The van der Waals surface area contributed by atoms with Crippen LogP contribution >= 0.6 is 11.3 Å². The Hall–Kier alpha value is -0.490. The van der Waals surface area contributed by atoms with Crippen molar-refractivity contribution in [2.75, 3.05) is 19.8 Å². The maximum absolute atomic E-state index is 5.70. The van der Waals surface area contributed by atoms with Gasteiger partial charge in [0.15, 0.2) is 6.29 Å². The number of thiazole rings is 1. The van der Waals surface area contributed by atoms with Crippen molar-refractivity contribution in [3.05, 3.63) is 15.6 Å². The van der Waals surface area contributed by atoms with Crippen molar-refractivity contribution in [3.63, 3.8) is 0 Å². The first-order valence-electron chi connectivity index (χ1n) is 7.01. The molecule has 0 saturated carbocycles. The summed E-state index contributed by atoms with van der Waals surface area (Å²) in [5, 5.41) is 4.59. The molecule has 1 unspecified atom stereocenters. The Kier molecular flexibility index (Phi) is 7.53. The molecule has 0 spiro atoms. The molecule has 1 aromatic heterocycles. The minimum absolute atomic E-state index is 0.148. The lowest BCUT2D eigenvalue weighted by Gasteiger charge is -2.26. The van der Waals surface area contributed by atoms with Gasteiger partial charge in [-0.2, -0.15) is 0 Å². The number of aromatic nitrogens is 1. The van der Waals surface area contributed by atoms with Gasteiger partial charge in [0.05, 0.1) is 16.7 Å². The predicted octanol–water partition coefficient (Wildman–Crippen LogP) is 2.68. The molecule has 110 valence electrons. The smallest absolute Gasteiger partial charge is 0.173 e. The summed E-state index contributed by atoms with van der Waals surface area (Å²) < 4.78 is 11.4. The molecule has 0 aliphatic heterocycles. The monoisotopic (exact) mass is 286 g/mol. The van der Waals surface area contributed by atoms with E-state index in [-0.39, 0.29) is 12.3 Å². The van der Waals surface area contributed by atoms with Gasteiger partial charge in [0.2, 0.25) is 0 Å². The molecule has 1 rings (SSSR count). The van der Waals surface area contributed by atoms with Gasteiger partial charge in [0.1, 0.15) is 0 Å². The summed E-state index contributed by atoms with van der Waals surface area (Å²) in [4.78, 5) is 5.89. The van der Waals surface area contributed by atoms with Crippen molar-refractivity contribution in [1.82, 2.24) is 10.3 Å². The number of nitrogens with zero attached hydrogens (tertiary/aromatic N) is 1. The fourth-order valence-electron chi connectivity index (χ4n) is 1.95. The lowest BCUT2D eigenvalue weighted by Crippen LogP contribution is -2.44. The number of likely N-dealkylation sites (N-methyl/N-ethyl adjacent to an activating group) is 1. The van der Waals surface area contributed by atoms with Crippen molar-refractivity contribution < 1.29 is 9.47 Å². The van der Waals surface area contributed by atoms with Gasteiger partial charge >= 0.3 is 0 Å². The molecule has 0 saturated heterocycles. The quantitative estimate of drug-likeness (QED) is 0.709. The third-order valence-corrected chi connectivity index (χ3v) is 4.02. The second-order valence-electron chi connectivity index (χ2n) is 4.40. The van der Waals surface area contributed by atoms with Gasteiger partial charge in [-0.1, -0.05) is 6.92 Å². The van der Waals surface area contributed by atoms with E-state index < -0.39 is 0 Å². The Morgan fingerprint density at radius 1 is 1.16 bits per heavy atom. The highest BCUT2D eigenvalue weighted by Crippen LogP contribution is 2.19. The fourth-order valence-corrected chi connectivity index (χ4v) is 2.94. The van der Waals surface area contributed by atoms with E-state index in [4.69, 9.17) is 9.47 Å². The Balaban J connectivity index is 2.74. The van der Waals surface area contributed by atoms with Gasteiger partial charge < -0.3 is 14.8 Å². The van der Waals surface area contributed by atoms with E-state index in [0.29, 0.717) is 13.2 Å². The molecule has 5 heteroatoms. The number of aryl methyl sites for hydroxylation is 2. The van der Waals surface area contributed by atoms with E-state index in [0.717, 1.165) is 23.7 Å². The lowest BCUT2D eigenvalue weighted by molar-refractivity contribution is -0.153. The van der Waals surface area contributed by atoms with Crippen molar-refractivity contribution in [1.29, 1.82) is 0 Å². The van der Waals surface area contributed by atoms with Crippen LogP contribution in [0.25, 0.3) is 0 Å². The standard InChI is InChI=1S/C14H26N2O2S/c1-6-15-12(14(17-7-2)18-8-3)9-13-16-10(4)11(5)19-13/h12,14-15H,6-9H2,1-5H3. The van der Waals surface area contributed by atoms with Crippen LogP contribution in [0.4, 0.5) is 0 Å². The lowest BCUT2D eigenvalue weighted by atomic mass is 10.2. The first kappa shape index (κ1) is 16.6. The summed E-state index contributed by atoms with van der Waals surface area (Å²) >= 11 is 1.76. The topological polar surface area (TPSA) is 43.4 Å². The zero-order valence-corrected chi connectivity index (χ0v) is 13.5. The van der Waals surface area contributed by atoms with E-state index in [9.17, 15) is 0 Å². The van der Waals surface area contributed by atoms with Crippen LogP contribution in [-0.4, -0.2) is 37.1 Å². The summed E-state index contributed by atoms with van der Waals surface area (Å²) in [5.74, 6) is 0. The van der Waals surface area contributed by atoms with E-state index >= 15 is 0 Å². The molecule has 0 fully saturated rings. The van der Waals surface area contributed by atoms with E-state index in [1.54, 1.807) is 11.3 Å². The molecule has 4 nitrogen and oxygen atoms in total. The van der Waals surface area contributed by atoms with Crippen LogP contribution in [0.15, 0.2) is 0 Å². The summed E-state index contributed by atoms with van der Waals surface area (Å²) in [6.07, 6.45) is 0.636. The molecule has 0 aromatic carbocycles. The molecular formula is C14H26N2O2S. The highest BCUT2D eigenvalue weighted by atomic mass is 32.1. The van der Waals surface area contributed by atoms with E-state index in [1.165, 1.54) is 4.88 Å². The molecular weight excluding hydrogens is 260 g/mol. The Bertz CT molecular complexity index is 343. The Morgan fingerprint density at radius 2 is 1.79 bits per heavy atom. The maximum atomic E-state index is 5.70. The summed E-state index contributed by atoms with van der Waals surface area (Å²) in [6, 6.07) is 0.148. The molecule has 0 aliphatic carbocycles. The van der Waals surface area contributed by atoms with Gasteiger partial charge in [-0.05, 0) is 34.2 Å². The van der Waals surface area contributed by atoms with Crippen molar-refractivity contribution in [3.8, 4) is 0 Å². The number of rotatable bonds is 9. The molecule has 19 heavy (non-hydrogen) atoms. The van der Waals surface area contributed by atoms with Gasteiger partial charge in [0.25, 0.3) is 0 Å². The minimum atomic E-state index is -0.209. The number of hydrogen-bond donors (Lipinski definition) is 1. The van der Waals surface area contributed by atoms with Gasteiger partial charge in [-0.25, -0.2) is 4.98 Å². The highest BCUT2D eigenvalue weighted by molar-refractivity contribution is 7.11. The normalized spacial score (nSPS) is 13.2. The molecule has 0 radical (unpaired) electrons. The third-order valence-electron chi connectivity index (χ3n) is 2.92. The largest absolute Gasteiger partial charge is 0.351 e. The number of nitrogens with one attached hydrogen (secondary N) is 1. The van der Waals surface area contributed by atoms with Gasteiger partial charge in [-0.3, -0.25) is 0 Å². The molecule has 1 N–H and O–H groups in total. The summed E-state index contributed by atoms with van der Waals surface area (Å²) in [7, 11) is 0. The van der Waals surface area contributed by atoms with Gasteiger partial charge in [0, 0.05) is 24.5 Å².